The van der Waals surface area contributed by atoms with E-state index in [-0.39, 0.29) is 11.7 Å². The maximum atomic E-state index is 11.9. The Labute approximate surface area is 156 Å². The molecule has 1 aromatic heterocycles. The quantitative estimate of drug-likeness (QED) is 0.414. The van der Waals surface area contributed by atoms with E-state index in [2.05, 4.69) is 20.7 Å². The topological polar surface area (TPSA) is 72.2 Å². The van der Waals surface area contributed by atoms with Gasteiger partial charge in [0, 0.05) is 12.6 Å². The Kier molecular flexibility index (Phi) is 5.80. The summed E-state index contributed by atoms with van der Waals surface area (Å²) in [6.45, 7) is 2.04. The van der Waals surface area contributed by atoms with E-state index >= 15 is 0 Å². The number of carbonyl (C=O) groups excluding carboxylic acids is 1. The van der Waals surface area contributed by atoms with Gasteiger partial charge in [-0.1, -0.05) is 71.9 Å². The average Bonchev–Trinajstić information content (AvgIpc) is 3.02. The van der Waals surface area contributed by atoms with E-state index in [1.165, 1.54) is 17.3 Å². The molecule has 0 unspecified atom stereocenters. The molecule has 2 aromatic carbocycles. The van der Waals surface area contributed by atoms with Gasteiger partial charge in [0.2, 0.25) is 0 Å². The summed E-state index contributed by atoms with van der Waals surface area (Å²) in [5.74, 6) is 0.795. The molecule has 1 N–H and O–H groups in total. The molecular formula is C19H19N5OS. The third-order valence-electron chi connectivity index (χ3n) is 3.68. The molecule has 0 bridgehead atoms. The van der Waals surface area contributed by atoms with Gasteiger partial charge >= 0.3 is 0 Å². The number of nitrogens with one attached hydrogen (secondary N) is 1. The zero-order valence-electron chi connectivity index (χ0n) is 14.6. The molecule has 3 rings (SSSR count). The number of hydrazone groups is 1. The molecule has 26 heavy (non-hydrogen) atoms. The lowest BCUT2D eigenvalue weighted by atomic mass is 10.1. The molecule has 1 heterocycles. The van der Waals surface area contributed by atoms with Crippen molar-refractivity contribution in [3.05, 3.63) is 65.7 Å². The van der Waals surface area contributed by atoms with Crippen LogP contribution in [0.25, 0.3) is 11.4 Å². The Hall–Kier alpha value is -2.93. The molecule has 0 spiro atoms. The Bertz CT molecular complexity index is 903. The van der Waals surface area contributed by atoms with Gasteiger partial charge in [0.05, 0.1) is 12.0 Å². The van der Waals surface area contributed by atoms with Crippen molar-refractivity contribution in [1.82, 2.24) is 20.2 Å². The molecule has 0 aliphatic rings. The molecule has 0 aliphatic heterocycles. The number of rotatable bonds is 6. The Balaban J connectivity index is 1.55. The summed E-state index contributed by atoms with van der Waals surface area (Å²) in [4.78, 5) is 11.9. The maximum absolute atomic E-state index is 11.9. The van der Waals surface area contributed by atoms with Crippen molar-refractivity contribution in [1.29, 1.82) is 0 Å². The van der Waals surface area contributed by atoms with Gasteiger partial charge in [-0.2, -0.15) is 5.10 Å². The highest BCUT2D eigenvalue weighted by Crippen LogP contribution is 2.22. The first-order valence-corrected chi connectivity index (χ1v) is 9.08. The van der Waals surface area contributed by atoms with Crippen LogP contribution in [0.5, 0.6) is 0 Å². The molecule has 0 aliphatic carbocycles. The Morgan fingerprint density at radius 3 is 2.62 bits per heavy atom. The van der Waals surface area contributed by atoms with Crippen LogP contribution in [0.15, 0.2) is 64.9 Å². The highest BCUT2D eigenvalue weighted by atomic mass is 32.2. The van der Waals surface area contributed by atoms with Crippen molar-refractivity contribution in [2.24, 2.45) is 12.1 Å². The monoisotopic (exact) mass is 365 g/mol. The number of aromatic nitrogens is 3. The van der Waals surface area contributed by atoms with Crippen LogP contribution in [0.4, 0.5) is 0 Å². The van der Waals surface area contributed by atoms with Crippen LogP contribution in [-0.4, -0.2) is 32.6 Å². The number of aryl methyl sites for hydroxylation is 1. The van der Waals surface area contributed by atoms with E-state index < -0.39 is 0 Å². The lowest BCUT2D eigenvalue weighted by Gasteiger charge is -2.04. The molecule has 1 amide bonds. The minimum Gasteiger partial charge on any atom is -0.305 e. The third kappa shape index (κ3) is 4.58. The van der Waals surface area contributed by atoms with Crippen molar-refractivity contribution in [3.63, 3.8) is 0 Å². The van der Waals surface area contributed by atoms with Gasteiger partial charge in [0.1, 0.15) is 0 Å². The van der Waals surface area contributed by atoms with Gasteiger partial charge in [0.25, 0.3) is 5.91 Å². The first kappa shape index (κ1) is 17.9. The first-order chi connectivity index (χ1) is 12.6. The van der Waals surface area contributed by atoms with Crippen LogP contribution in [0, 0.1) is 6.92 Å². The number of nitrogens with zero attached hydrogens (tertiary/aromatic N) is 4. The van der Waals surface area contributed by atoms with Crippen molar-refractivity contribution < 1.29 is 4.79 Å². The Morgan fingerprint density at radius 2 is 1.88 bits per heavy atom. The molecule has 0 fully saturated rings. The highest BCUT2D eigenvalue weighted by molar-refractivity contribution is 7.99. The second kappa shape index (κ2) is 8.44. The van der Waals surface area contributed by atoms with E-state index in [0.717, 1.165) is 17.0 Å². The molecule has 0 radical (unpaired) electrons. The van der Waals surface area contributed by atoms with Crippen LogP contribution >= 0.6 is 11.8 Å². The van der Waals surface area contributed by atoms with Gasteiger partial charge < -0.3 is 4.57 Å². The van der Waals surface area contributed by atoms with Crippen molar-refractivity contribution in [2.45, 2.75) is 12.1 Å². The largest absolute Gasteiger partial charge is 0.305 e. The van der Waals surface area contributed by atoms with Gasteiger partial charge in [-0.3, -0.25) is 4.79 Å². The SMILES string of the molecule is Cc1ccc(-c2nnc(SCC(=O)N/N=C\c3ccccc3)n2C)cc1. The molecule has 132 valence electrons. The molecule has 3 aromatic rings. The molecule has 0 atom stereocenters. The van der Waals surface area contributed by atoms with E-state index in [9.17, 15) is 4.79 Å². The second-order valence-corrected chi connectivity index (χ2v) is 6.67. The normalized spacial score (nSPS) is 11.0. The number of hydrogen-bond donors (Lipinski definition) is 1. The molecule has 0 saturated carbocycles. The van der Waals surface area contributed by atoms with Crippen molar-refractivity contribution >= 4 is 23.9 Å². The summed E-state index contributed by atoms with van der Waals surface area (Å²) >= 11 is 1.32. The van der Waals surface area contributed by atoms with Crippen molar-refractivity contribution in [3.8, 4) is 11.4 Å². The van der Waals surface area contributed by atoms with E-state index in [4.69, 9.17) is 0 Å². The Morgan fingerprint density at radius 1 is 1.15 bits per heavy atom. The smallest absolute Gasteiger partial charge is 0.250 e. The third-order valence-corrected chi connectivity index (χ3v) is 4.70. The van der Waals surface area contributed by atoms with Crippen LogP contribution in [0.1, 0.15) is 11.1 Å². The predicted molar refractivity (Wildman–Crippen MR) is 104 cm³/mol. The lowest BCUT2D eigenvalue weighted by molar-refractivity contribution is -0.118. The number of thioether (sulfide) groups is 1. The number of amides is 1. The van der Waals surface area contributed by atoms with Gasteiger partial charge in [-0.15, -0.1) is 10.2 Å². The van der Waals surface area contributed by atoms with Gasteiger partial charge in [-0.05, 0) is 12.5 Å². The number of carbonyl (C=O) groups is 1. The van der Waals surface area contributed by atoms with E-state index in [1.54, 1.807) is 6.21 Å². The molecule has 6 nitrogen and oxygen atoms in total. The lowest BCUT2D eigenvalue weighted by Crippen LogP contribution is -2.19. The minimum absolute atomic E-state index is 0.193. The maximum Gasteiger partial charge on any atom is 0.250 e. The van der Waals surface area contributed by atoms with Crippen LogP contribution in [0.3, 0.4) is 0 Å². The summed E-state index contributed by atoms with van der Waals surface area (Å²) in [6.07, 6.45) is 1.61. The fourth-order valence-electron chi connectivity index (χ4n) is 2.27. The zero-order chi connectivity index (χ0) is 18.4. The zero-order valence-corrected chi connectivity index (χ0v) is 15.4. The number of hydrogen-bond acceptors (Lipinski definition) is 5. The summed E-state index contributed by atoms with van der Waals surface area (Å²) in [5, 5.41) is 13.0. The van der Waals surface area contributed by atoms with Gasteiger partial charge in [-0.25, -0.2) is 5.43 Å². The molecule has 0 saturated heterocycles. The van der Waals surface area contributed by atoms with Crippen LogP contribution in [-0.2, 0) is 11.8 Å². The molecule has 7 heteroatoms. The highest BCUT2D eigenvalue weighted by Gasteiger charge is 2.12. The van der Waals surface area contributed by atoms with E-state index in [1.807, 2.05) is 73.1 Å². The van der Waals surface area contributed by atoms with Gasteiger partial charge in [0.15, 0.2) is 11.0 Å². The fraction of sp³-hybridized carbons (Fsp3) is 0.158. The predicted octanol–water partition coefficient (Wildman–Crippen LogP) is 3.03. The summed E-state index contributed by atoms with van der Waals surface area (Å²) in [5.41, 5.74) is 5.63. The summed E-state index contributed by atoms with van der Waals surface area (Å²) in [7, 11) is 1.89. The number of benzene rings is 2. The standard InChI is InChI=1S/C19H19N5OS/c1-14-8-10-16(11-9-14)18-22-23-19(24(18)2)26-13-17(25)21-20-12-15-6-4-3-5-7-15/h3-12H,13H2,1-2H3,(H,21,25)/b20-12-. The first-order valence-electron chi connectivity index (χ1n) is 8.09. The fourth-order valence-corrected chi connectivity index (χ4v) is 2.98. The summed E-state index contributed by atoms with van der Waals surface area (Å²) < 4.78 is 1.88. The van der Waals surface area contributed by atoms with Crippen LogP contribution < -0.4 is 5.43 Å². The summed E-state index contributed by atoms with van der Waals surface area (Å²) in [6, 6.07) is 17.7. The minimum atomic E-state index is -0.193. The second-order valence-electron chi connectivity index (χ2n) is 5.72. The molecular weight excluding hydrogens is 346 g/mol. The average molecular weight is 365 g/mol. The van der Waals surface area contributed by atoms with E-state index in [0.29, 0.717) is 5.16 Å². The van der Waals surface area contributed by atoms with Crippen molar-refractivity contribution in [2.75, 3.05) is 5.75 Å². The van der Waals surface area contributed by atoms with Crippen LogP contribution in [0.2, 0.25) is 0 Å².